The van der Waals surface area contributed by atoms with Gasteiger partial charge in [0.05, 0.1) is 4.90 Å². The van der Waals surface area contributed by atoms with Crippen LogP contribution in [-0.2, 0) is 14.8 Å². The molecule has 1 heterocycles. The average Bonchev–Trinajstić information content (AvgIpc) is 2.56. The van der Waals surface area contributed by atoms with Crippen molar-refractivity contribution in [2.75, 3.05) is 13.1 Å². The highest BCUT2D eigenvalue weighted by Crippen LogP contribution is 2.19. The Bertz CT molecular complexity index is 643. The first-order chi connectivity index (χ1) is 11.4. The second-order valence-corrected chi connectivity index (χ2v) is 8.26. The minimum atomic E-state index is -3.49. The fourth-order valence-corrected chi connectivity index (χ4v) is 4.42. The number of carbonyl (C=O) groups excluding carboxylic acids is 1. The van der Waals surface area contributed by atoms with Crippen LogP contribution < -0.4 is 4.72 Å². The third-order valence-electron chi connectivity index (χ3n) is 4.79. The Kier molecular flexibility index (Phi) is 6.40. The summed E-state index contributed by atoms with van der Waals surface area (Å²) in [5, 5.41) is 0. The first kappa shape index (κ1) is 18.9. The molecule has 0 saturated carbocycles. The lowest BCUT2D eigenvalue weighted by Gasteiger charge is -2.34. The van der Waals surface area contributed by atoms with Gasteiger partial charge in [-0.25, -0.2) is 13.1 Å². The minimum Gasteiger partial charge on any atom is -0.342 e. The number of hydrogen-bond acceptors (Lipinski definition) is 3. The zero-order valence-corrected chi connectivity index (χ0v) is 15.6. The van der Waals surface area contributed by atoms with E-state index >= 15 is 0 Å². The molecule has 0 bridgehead atoms. The van der Waals surface area contributed by atoms with Gasteiger partial charge in [-0.3, -0.25) is 4.79 Å². The molecule has 0 atom stereocenters. The number of nitrogens with zero attached hydrogens (tertiary/aromatic N) is 1. The van der Waals surface area contributed by atoms with Gasteiger partial charge in [0.1, 0.15) is 0 Å². The Morgan fingerprint density at radius 1 is 1.17 bits per heavy atom. The molecule has 1 aliphatic heterocycles. The van der Waals surface area contributed by atoms with E-state index in [-0.39, 0.29) is 17.9 Å². The molecule has 0 radical (unpaired) electrons. The van der Waals surface area contributed by atoms with E-state index in [0.29, 0.717) is 30.8 Å². The molecule has 1 N–H and O–H groups in total. The van der Waals surface area contributed by atoms with Crippen LogP contribution in [0.1, 0.15) is 45.1 Å². The predicted octanol–water partition coefficient (Wildman–Crippen LogP) is 2.70. The van der Waals surface area contributed by atoms with Crippen LogP contribution in [0.4, 0.5) is 0 Å². The zero-order valence-electron chi connectivity index (χ0n) is 14.8. The Balaban J connectivity index is 1.93. The molecule has 0 aliphatic carbocycles. The first-order valence-electron chi connectivity index (χ1n) is 8.75. The topological polar surface area (TPSA) is 66.5 Å². The van der Waals surface area contributed by atoms with E-state index in [1.54, 1.807) is 24.3 Å². The van der Waals surface area contributed by atoms with E-state index in [1.165, 1.54) is 0 Å². The quantitative estimate of drug-likeness (QED) is 0.856. The SMILES string of the molecule is CCC(CC)C(=O)N1CCC(NS(=O)(=O)c2ccc(C)cc2)CC1. The molecule has 5 nitrogen and oxygen atoms in total. The summed E-state index contributed by atoms with van der Waals surface area (Å²) in [4.78, 5) is 14.6. The Hall–Kier alpha value is -1.40. The summed E-state index contributed by atoms with van der Waals surface area (Å²) in [6.07, 6.45) is 3.04. The molecule has 0 aromatic heterocycles. The lowest BCUT2D eigenvalue weighted by Crippen LogP contribution is -2.47. The summed E-state index contributed by atoms with van der Waals surface area (Å²) >= 11 is 0. The van der Waals surface area contributed by atoms with Crippen LogP contribution in [0.15, 0.2) is 29.2 Å². The molecule has 1 saturated heterocycles. The van der Waals surface area contributed by atoms with Crippen LogP contribution in [0.3, 0.4) is 0 Å². The maximum atomic E-state index is 12.4. The second kappa shape index (κ2) is 8.12. The van der Waals surface area contributed by atoms with Gasteiger partial charge >= 0.3 is 0 Å². The van der Waals surface area contributed by atoms with Gasteiger partial charge in [-0.05, 0) is 44.7 Å². The molecule has 0 spiro atoms. The van der Waals surface area contributed by atoms with Gasteiger partial charge in [-0.1, -0.05) is 31.5 Å². The van der Waals surface area contributed by atoms with Gasteiger partial charge in [-0.2, -0.15) is 0 Å². The summed E-state index contributed by atoms with van der Waals surface area (Å²) in [5.74, 6) is 0.297. The largest absolute Gasteiger partial charge is 0.342 e. The smallest absolute Gasteiger partial charge is 0.240 e. The summed E-state index contributed by atoms with van der Waals surface area (Å²) < 4.78 is 27.7. The van der Waals surface area contributed by atoms with E-state index in [0.717, 1.165) is 18.4 Å². The van der Waals surface area contributed by atoms with Crippen LogP contribution in [0, 0.1) is 12.8 Å². The monoisotopic (exact) mass is 352 g/mol. The molecule has 1 amide bonds. The minimum absolute atomic E-state index is 0.0887. The van der Waals surface area contributed by atoms with Gasteiger partial charge < -0.3 is 4.90 Å². The maximum absolute atomic E-state index is 12.4. The number of rotatable bonds is 6. The highest BCUT2D eigenvalue weighted by atomic mass is 32.2. The van der Waals surface area contributed by atoms with Crippen LogP contribution in [0.5, 0.6) is 0 Å². The highest BCUT2D eigenvalue weighted by Gasteiger charge is 2.28. The van der Waals surface area contributed by atoms with E-state index in [4.69, 9.17) is 0 Å². The lowest BCUT2D eigenvalue weighted by molar-refractivity contribution is -0.136. The molecular weight excluding hydrogens is 324 g/mol. The fraction of sp³-hybridized carbons (Fsp3) is 0.611. The third kappa shape index (κ3) is 4.57. The number of likely N-dealkylation sites (tertiary alicyclic amines) is 1. The molecule has 1 aromatic carbocycles. The Morgan fingerprint density at radius 2 is 1.71 bits per heavy atom. The van der Waals surface area contributed by atoms with Crippen LogP contribution in [0.2, 0.25) is 0 Å². The third-order valence-corrected chi connectivity index (χ3v) is 6.33. The van der Waals surface area contributed by atoms with Gasteiger partial charge in [0.2, 0.25) is 15.9 Å². The standard InChI is InChI=1S/C18H28N2O3S/c1-4-15(5-2)18(21)20-12-10-16(11-13-20)19-24(22,23)17-8-6-14(3)7-9-17/h6-9,15-16,19H,4-5,10-13H2,1-3H3. The average molecular weight is 353 g/mol. The van der Waals surface area contributed by atoms with Crippen molar-refractivity contribution in [3.63, 3.8) is 0 Å². The molecule has 134 valence electrons. The van der Waals surface area contributed by atoms with Crippen molar-refractivity contribution in [2.24, 2.45) is 5.92 Å². The maximum Gasteiger partial charge on any atom is 0.240 e. The van der Waals surface area contributed by atoms with Crippen molar-refractivity contribution >= 4 is 15.9 Å². The Labute approximate surface area is 145 Å². The number of amides is 1. The summed E-state index contributed by atoms with van der Waals surface area (Å²) in [6.45, 7) is 7.24. The number of carbonyl (C=O) groups is 1. The van der Waals surface area contributed by atoms with Crippen LogP contribution >= 0.6 is 0 Å². The van der Waals surface area contributed by atoms with E-state index in [1.807, 2.05) is 25.7 Å². The van der Waals surface area contributed by atoms with E-state index in [2.05, 4.69) is 4.72 Å². The molecule has 1 aromatic rings. The van der Waals surface area contributed by atoms with Gasteiger partial charge in [0, 0.05) is 25.0 Å². The van der Waals surface area contributed by atoms with Crippen LogP contribution in [-0.4, -0.2) is 38.4 Å². The van der Waals surface area contributed by atoms with E-state index < -0.39 is 10.0 Å². The van der Waals surface area contributed by atoms with Crippen molar-refractivity contribution in [3.05, 3.63) is 29.8 Å². The number of piperidine rings is 1. The summed E-state index contributed by atoms with van der Waals surface area (Å²) in [7, 11) is -3.49. The first-order valence-corrected chi connectivity index (χ1v) is 10.2. The van der Waals surface area contributed by atoms with Crippen molar-refractivity contribution in [1.29, 1.82) is 0 Å². The van der Waals surface area contributed by atoms with Crippen LogP contribution in [0.25, 0.3) is 0 Å². The molecular formula is C18H28N2O3S. The summed E-state index contributed by atoms with van der Waals surface area (Å²) in [6, 6.07) is 6.74. The van der Waals surface area contributed by atoms with Crippen molar-refractivity contribution < 1.29 is 13.2 Å². The molecule has 1 fully saturated rings. The lowest BCUT2D eigenvalue weighted by atomic mass is 9.99. The number of aryl methyl sites for hydroxylation is 1. The molecule has 0 unspecified atom stereocenters. The zero-order chi connectivity index (χ0) is 17.7. The number of hydrogen-bond donors (Lipinski definition) is 1. The highest BCUT2D eigenvalue weighted by molar-refractivity contribution is 7.89. The van der Waals surface area contributed by atoms with Crippen molar-refractivity contribution in [2.45, 2.75) is 57.4 Å². The number of nitrogens with one attached hydrogen (secondary N) is 1. The van der Waals surface area contributed by atoms with Crippen molar-refractivity contribution in [1.82, 2.24) is 9.62 Å². The molecule has 2 rings (SSSR count). The normalized spacial score (nSPS) is 16.6. The van der Waals surface area contributed by atoms with Gasteiger partial charge in [0.25, 0.3) is 0 Å². The fourth-order valence-electron chi connectivity index (χ4n) is 3.12. The van der Waals surface area contributed by atoms with Gasteiger partial charge in [-0.15, -0.1) is 0 Å². The molecule has 24 heavy (non-hydrogen) atoms. The molecule has 1 aliphatic rings. The van der Waals surface area contributed by atoms with Gasteiger partial charge in [0.15, 0.2) is 0 Å². The summed E-state index contributed by atoms with van der Waals surface area (Å²) in [5.41, 5.74) is 1.03. The predicted molar refractivity (Wildman–Crippen MR) is 95.2 cm³/mol. The number of benzene rings is 1. The second-order valence-electron chi connectivity index (χ2n) is 6.55. The molecule has 6 heteroatoms. The Morgan fingerprint density at radius 3 is 2.21 bits per heavy atom. The number of sulfonamides is 1. The van der Waals surface area contributed by atoms with E-state index in [9.17, 15) is 13.2 Å². The van der Waals surface area contributed by atoms with Crippen molar-refractivity contribution in [3.8, 4) is 0 Å².